The number of rotatable bonds is 4. The lowest BCUT2D eigenvalue weighted by atomic mass is 10.1. The lowest BCUT2D eigenvalue weighted by molar-refractivity contribution is 0.632. The summed E-state index contributed by atoms with van der Waals surface area (Å²) in [6.45, 7) is 9.47. The minimum atomic E-state index is 0.262. The standard InChI is InChI=1S/C15H20IN3/c1-5-19-12(4)15(11(3)18-19)10(2)17-14-8-6-7-13(16)9-14/h6-10,17H,5H2,1-4H3. The Morgan fingerprint density at radius 2 is 2.11 bits per heavy atom. The monoisotopic (exact) mass is 369 g/mol. The van der Waals surface area contributed by atoms with Crippen molar-refractivity contribution < 1.29 is 0 Å². The van der Waals surface area contributed by atoms with Gasteiger partial charge in [0.05, 0.1) is 11.7 Å². The summed E-state index contributed by atoms with van der Waals surface area (Å²) in [5.41, 5.74) is 4.83. The van der Waals surface area contributed by atoms with E-state index >= 15 is 0 Å². The minimum absolute atomic E-state index is 0.262. The summed E-state index contributed by atoms with van der Waals surface area (Å²) >= 11 is 2.33. The van der Waals surface area contributed by atoms with E-state index in [1.54, 1.807) is 0 Å². The summed E-state index contributed by atoms with van der Waals surface area (Å²) in [5, 5.41) is 8.14. The van der Waals surface area contributed by atoms with Gasteiger partial charge in [-0.2, -0.15) is 5.10 Å². The van der Waals surface area contributed by atoms with E-state index in [9.17, 15) is 0 Å². The summed E-state index contributed by atoms with van der Waals surface area (Å²) in [6, 6.07) is 8.70. The number of benzene rings is 1. The van der Waals surface area contributed by atoms with E-state index < -0.39 is 0 Å². The van der Waals surface area contributed by atoms with Crippen LogP contribution in [-0.4, -0.2) is 9.78 Å². The molecule has 3 nitrogen and oxygen atoms in total. The van der Waals surface area contributed by atoms with E-state index in [-0.39, 0.29) is 6.04 Å². The Kier molecular flexibility index (Phi) is 4.50. The van der Waals surface area contributed by atoms with Gasteiger partial charge in [0, 0.05) is 27.1 Å². The van der Waals surface area contributed by atoms with E-state index in [2.05, 4.69) is 89.6 Å². The van der Waals surface area contributed by atoms with Crippen molar-refractivity contribution in [1.82, 2.24) is 9.78 Å². The van der Waals surface area contributed by atoms with Crippen molar-refractivity contribution in [3.05, 3.63) is 44.8 Å². The second kappa shape index (κ2) is 5.94. The average Bonchev–Trinajstić information content (AvgIpc) is 2.64. The molecule has 0 bridgehead atoms. The third kappa shape index (κ3) is 3.11. The maximum absolute atomic E-state index is 4.58. The van der Waals surface area contributed by atoms with Crippen LogP contribution in [0.5, 0.6) is 0 Å². The Bertz CT molecular complexity index is 575. The van der Waals surface area contributed by atoms with E-state index in [0.717, 1.165) is 17.9 Å². The third-order valence-electron chi connectivity index (χ3n) is 3.38. The van der Waals surface area contributed by atoms with Gasteiger partial charge in [-0.15, -0.1) is 0 Å². The number of hydrogen-bond acceptors (Lipinski definition) is 2. The fourth-order valence-electron chi connectivity index (χ4n) is 2.55. The molecule has 2 rings (SSSR count). The minimum Gasteiger partial charge on any atom is -0.378 e. The number of hydrogen-bond donors (Lipinski definition) is 1. The van der Waals surface area contributed by atoms with Gasteiger partial charge >= 0.3 is 0 Å². The molecule has 0 amide bonds. The second-order valence-electron chi connectivity index (χ2n) is 4.78. The topological polar surface area (TPSA) is 29.9 Å². The lowest BCUT2D eigenvalue weighted by Gasteiger charge is -2.16. The molecule has 19 heavy (non-hydrogen) atoms. The highest BCUT2D eigenvalue weighted by atomic mass is 127. The Morgan fingerprint density at radius 1 is 1.37 bits per heavy atom. The van der Waals surface area contributed by atoms with Crippen LogP contribution in [0.1, 0.15) is 36.8 Å². The van der Waals surface area contributed by atoms with Crippen LogP contribution in [0.2, 0.25) is 0 Å². The highest BCUT2D eigenvalue weighted by molar-refractivity contribution is 14.1. The molecule has 1 aromatic carbocycles. The van der Waals surface area contributed by atoms with Gasteiger partial charge in [0.2, 0.25) is 0 Å². The van der Waals surface area contributed by atoms with Gasteiger partial charge in [-0.3, -0.25) is 4.68 Å². The molecule has 2 aromatic rings. The SMILES string of the molecule is CCn1nc(C)c(C(C)Nc2cccc(I)c2)c1C. The fourth-order valence-corrected chi connectivity index (χ4v) is 3.09. The molecule has 0 spiro atoms. The predicted octanol–water partition coefficient (Wildman–Crippen LogP) is 4.30. The van der Waals surface area contributed by atoms with Crippen LogP contribution in [0.25, 0.3) is 0 Å². The molecule has 0 fully saturated rings. The number of aromatic nitrogens is 2. The summed E-state index contributed by atoms with van der Waals surface area (Å²) in [7, 11) is 0. The van der Waals surface area contributed by atoms with Crippen molar-refractivity contribution in [1.29, 1.82) is 0 Å². The quantitative estimate of drug-likeness (QED) is 0.815. The molecule has 0 aliphatic carbocycles. The maximum atomic E-state index is 4.58. The van der Waals surface area contributed by atoms with Crippen molar-refractivity contribution >= 4 is 28.3 Å². The number of aryl methyl sites for hydroxylation is 2. The summed E-state index contributed by atoms with van der Waals surface area (Å²) in [4.78, 5) is 0. The summed E-state index contributed by atoms with van der Waals surface area (Å²) < 4.78 is 3.31. The molecular formula is C15H20IN3. The Morgan fingerprint density at radius 3 is 2.68 bits per heavy atom. The second-order valence-corrected chi connectivity index (χ2v) is 6.02. The Hall–Kier alpha value is -1.04. The van der Waals surface area contributed by atoms with Crippen molar-refractivity contribution in [2.24, 2.45) is 0 Å². The number of halogens is 1. The number of nitrogens with zero attached hydrogens (tertiary/aromatic N) is 2. The highest BCUT2D eigenvalue weighted by Crippen LogP contribution is 2.25. The van der Waals surface area contributed by atoms with Crippen molar-refractivity contribution in [2.45, 2.75) is 40.3 Å². The number of nitrogens with one attached hydrogen (secondary N) is 1. The first kappa shape index (κ1) is 14.4. The fraction of sp³-hybridized carbons (Fsp3) is 0.400. The molecule has 0 saturated carbocycles. The van der Waals surface area contributed by atoms with Gasteiger partial charge in [0.1, 0.15) is 0 Å². The van der Waals surface area contributed by atoms with Crippen molar-refractivity contribution in [3.63, 3.8) is 0 Å². The van der Waals surface area contributed by atoms with Crippen molar-refractivity contribution in [2.75, 3.05) is 5.32 Å². The normalized spacial score (nSPS) is 12.5. The Balaban J connectivity index is 2.25. The van der Waals surface area contributed by atoms with Gasteiger partial charge < -0.3 is 5.32 Å². The average molecular weight is 369 g/mol. The van der Waals surface area contributed by atoms with Crippen LogP contribution in [0, 0.1) is 17.4 Å². The van der Waals surface area contributed by atoms with E-state index in [1.807, 2.05) is 0 Å². The highest BCUT2D eigenvalue weighted by Gasteiger charge is 2.16. The van der Waals surface area contributed by atoms with Crippen LogP contribution < -0.4 is 5.32 Å². The predicted molar refractivity (Wildman–Crippen MR) is 88.6 cm³/mol. The lowest BCUT2D eigenvalue weighted by Crippen LogP contribution is -2.09. The van der Waals surface area contributed by atoms with Crippen LogP contribution in [-0.2, 0) is 6.54 Å². The number of anilines is 1. The maximum Gasteiger partial charge on any atom is 0.0649 e. The molecule has 4 heteroatoms. The smallest absolute Gasteiger partial charge is 0.0649 e. The van der Waals surface area contributed by atoms with E-state index in [0.29, 0.717) is 0 Å². The summed E-state index contributed by atoms with van der Waals surface area (Å²) in [5.74, 6) is 0. The van der Waals surface area contributed by atoms with E-state index in [4.69, 9.17) is 0 Å². The van der Waals surface area contributed by atoms with Crippen LogP contribution >= 0.6 is 22.6 Å². The zero-order valence-corrected chi connectivity index (χ0v) is 14.0. The molecular weight excluding hydrogens is 349 g/mol. The first-order valence-corrected chi connectivity index (χ1v) is 7.66. The van der Waals surface area contributed by atoms with Gasteiger partial charge in [0.25, 0.3) is 0 Å². The molecule has 1 heterocycles. The zero-order chi connectivity index (χ0) is 14.0. The first-order chi connectivity index (χ1) is 9.02. The van der Waals surface area contributed by atoms with Crippen LogP contribution in [0.3, 0.4) is 0 Å². The Labute approximate surface area is 128 Å². The van der Waals surface area contributed by atoms with Gasteiger partial charge in [-0.1, -0.05) is 6.07 Å². The molecule has 0 aliphatic rings. The van der Waals surface area contributed by atoms with Gasteiger partial charge in [-0.05, 0) is 68.5 Å². The summed E-state index contributed by atoms with van der Waals surface area (Å²) in [6.07, 6.45) is 0. The van der Waals surface area contributed by atoms with Gasteiger partial charge in [-0.25, -0.2) is 0 Å². The first-order valence-electron chi connectivity index (χ1n) is 6.59. The van der Waals surface area contributed by atoms with Crippen LogP contribution in [0.4, 0.5) is 5.69 Å². The third-order valence-corrected chi connectivity index (χ3v) is 4.05. The zero-order valence-electron chi connectivity index (χ0n) is 11.9. The van der Waals surface area contributed by atoms with Crippen LogP contribution in [0.15, 0.2) is 24.3 Å². The molecule has 1 N–H and O–H groups in total. The van der Waals surface area contributed by atoms with Gasteiger partial charge in [0.15, 0.2) is 0 Å². The molecule has 0 saturated heterocycles. The molecule has 1 atom stereocenters. The molecule has 1 aromatic heterocycles. The largest absolute Gasteiger partial charge is 0.378 e. The molecule has 1 unspecified atom stereocenters. The molecule has 0 aliphatic heterocycles. The van der Waals surface area contributed by atoms with Crippen molar-refractivity contribution in [3.8, 4) is 0 Å². The molecule has 0 radical (unpaired) electrons. The van der Waals surface area contributed by atoms with E-state index in [1.165, 1.54) is 14.8 Å². The molecule has 102 valence electrons.